The third-order valence-corrected chi connectivity index (χ3v) is 2.43. The molecule has 0 saturated heterocycles. The first kappa shape index (κ1) is 14.2. The maximum Gasteiger partial charge on any atom is 0.261 e. The first-order chi connectivity index (χ1) is 9.58. The van der Waals surface area contributed by atoms with Gasteiger partial charge in [0.15, 0.2) is 17.3 Å². The Morgan fingerprint density at radius 2 is 2.10 bits per heavy atom. The fourth-order valence-corrected chi connectivity index (χ4v) is 1.50. The molecule has 0 bridgehead atoms. The van der Waals surface area contributed by atoms with Crippen LogP contribution in [0.2, 0.25) is 0 Å². The summed E-state index contributed by atoms with van der Waals surface area (Å²) >= 11 is 0. The molecule has 0 atom stereocenters. The van der Waals surface area contributed by atoms with E-state index in [-0.39, 0.29) is 41.8 Å². The predicted molar refractivity (Wildman–Crippen MR) is 63.6 cm³/mol. The number of hydrogen-bond acceptors (Lipinski definition) is 6. The Balaban J connectivity index is 2.00. The fraction of sp³-hybridized carbons (Fsp3) is 0.333. The molecule has 2 aromatic rings. The van der Waals surface area contributed by atoms with Crippen LogP contribution in [0.1, 0.15) is 5.82 Å². The summed E-state index contributed by atoms with van der Waals surface area (Å²) in [5.41, 5.74) is 0.192. The summed E-state index contributed by atoms with van der Waals surface area (Å²) in [5, 5.41) is 22.6. The highest BCUT2D eigenvalue weighted by atomic mass is 19.3. The van der Waals surface area contributed by atoms with Crippen LogP contribution in [0, 0.1) is 0 Å². The molecule has 20 heavy (non-hydrogen) atoms. The number of phenols is 2. The minimum atomic E-state index is -2.51. The average molecular weight is 286 g/mol. The molecule has 2 N–H and O–H groups in total. The minimum Gasteiger partial charge on any atom is -0.504 e. The number of alkyl halides is 2. The zero-order chi connectivity index (χ0) is 14.5. The van der Waals surface area contributed by atoms with E-state index in [1.54, 1.807) is 0 Å². The van der Waals surface area contributed by atoms with Crippen molar-refractivity contribution in [2.24, 2.45) is 0 Å². The number of halogens is 2. The molecule has 0 aliphatic rings. The predicted octanol–water partition coefficient (Wildman–Crippen LogP) is 1.97. The van der Waals surface area contributed by atoms with E-state index in [1.807, 2.05) is 0 Å². The lowest BCUT2D eigenvalue weighted by Gasteiger charge is -2.00. The zero-order valence-electron chi connectivity index (χ0n) is 10.3. The number of para-hydroxylation sites is 1. The molecule has 8 heteroatoms. The van der Waals surface area contributed by atoms with Crippen LogP contribution < -0.4 is 0 Å². The van der Waals surface area contributed by atoms with Crippen molar-refractivity contribution < 1.29 is 28.3 Å². The van der Waals surface area contributed by atoms with E-state index in [0.29, 0.717) is 0 Å². The van der Waals surface area contributed by atoms with Crippen LogP contribution >= 0.6 is 0 Å². The van der Waals surface area contributed by atoms with Crippen molar-refractivity contribution in [2.45, 2.75) is 12.8 Å². The van der Waals surface area contributed by atoms with Crippen molar-refractivity contribution in [1.29, 1.82) is 0 Å². The molecule has 2 rings (SSSR count). The van der Waals surface area contributed by atoms with Gasteiger partial charge in [-0.05, 0) is 12.1 Å². The van der Waals surface area contributed by atoms with E-state index < -0.39 is 13.0 Å². The van der Waals surface area contributed by atoms with Crippen molar-refractivity contribution in [2.75, 3.05) is 13.2 Å². The highest BCUT2D eigenvalue weighted by molar-refractivity contribution is 5.66. The normalized spacial score (nSPS) is 11.2. The van der Waals surface area contributed by atoms with Gasteiger partial charge in [0.25, 0.3) is 12.3 Å². The quantitative estimate of drug-likeness (QED) is 0.623. The zero-order valence-corrected chi connectivity index (χ0v) is 10.3. The highest BCUT2D eigenvalue weighted by Crippen LogP contribution is 2.34. The molecular formula is C12H12F2N2O4. The standard InChI is InChI=1S/C12H12F2N2O4/c13-9(14)6-19-5-4-10-15-12(20-16-10)7-2-1-3-8(17)11(7)18/h1-3,9,17-18H,4-6H2. The van der Waals surface area contributed by atoms with Crippen LogP contribution in [0.3, 0.4) is 0 Å². The Bertz CT molecular complexity index is 574. The van der Waals surface area contributed by atoms with Gasteiger partial charge in [0.05, 0.1) is 12.2 Å². The molecular weight excluding hydrogens is 274 g/mol. The molecule has 1 aromatic carbocycles. The third-order valence-electron chi connectivity index (χ3n) is 2.43. The molecule has 0 aliphatic carbocycles. The fourth-order valence-electron chi connectivity index (χ4n) is 1.50. The number of ether oxygens (including phenoxy) is 1. The summed E-state index contributed by atoms with van der Waals surface area (Å²) in [7, 11) is 0. The molecule has 0 saturated carbocycles. The van der Waals surface area contributed by atoms with Gasteiger partial charge in [0.1, 0.15) is 6.61 Å². The van der Waals surface area contributed by atoms with Crippen molar-refractivity contribution in [3.8, 4) is 23.0 Å². The molecule has 108 valence electrons. The van der Waals surface area contributed by atoms with Gasteiger partial charge in [-0.2, -0.15) is 4.98 Å². The van der Waals surface area contributed by atoms with E-state index in [2.05, 4.69) is 10.1 Å². The lowest BCUT2D eigenvalue weighted by Crippen LogP contribution is -2.07. The summed E-state index contributed by atoms with van der Waals surface area (Å²) in [5.74, 6) is -0.376. The van der Waals surface area contributed by atoms with E-state index in [0.717, 1.165) is 0 Å². The number of phenolic OH excluding ortho intramolecular Hbond substituents is 2. The molecule has 1 heterocycles. The summed E-state index contributed by atoms with van der Waals surface area (Å²) in [6.45, 7) is -0.604. The van der Waals surface area contributed by atoms with Gasteiger partial charge < -0.3 is 19.5 Å². The monoisotopic (exact) mass is 286 g/mol. The number of nitrogens with zero attached hydrogens (tertiary/aromatic N) is 2. The summed E-state index contributed by atoms with van der Waals surface area (Å²) in [4.78, 5) is 3.98. The second-order valence-corrected chi connectivity index (χ2v) is 3.91. The molecule has 6 nitrogen and oxygen atoms in total. The SMILES string of the molecule is Oc1cccc(-c2nc(CCOCC(F)F)no2)c1O. The van der Waals surface area contributed by atoms with Gasteiger partial charge in [-0.3, -0.25) is 0 Å². The Morgan fingerprint density at radius 3 is 2.85 bits per heavy atom. The van der Waals surface area contributed by atoms with Crippen LogP contribution in [-0.2, 0) is 11.2 Å². The largest absolute Gasteiger partial charge is 0.504 e. The summed E-state index contributed by atoms with van der Waals surface area (Å²) < 4.78 is 33.3. The van der Waals surface area contributed by atoms with Crippen LogP contribution in [0.25, 0.3) is 11.5 Å². The minimum absolute atomic E-state index is 0.0299. The van der Waals surface area contributed by atoms with Gasteiger partial charge in [0, 0.05) is 6.42 Å². The molecule has 0 fully saturated rings. The lowest BCUT2D eigenvalue weighted by atomic mass is 10.2. The number of rotatable bonds is 6. The van der Waals surface area contributed by atoms with Crippen LogP contribution in [-0.4, -0.2) is 40.0 Å². The number of aromatic hydroxyl groups is 2. The molecule has 1 aromatic heterocycles. The van der Waals surface area contributed by atoms with E-state index in [1.165, 1.54) is 18.2 Å². The molecule has 0 unspecified atom stereocenters. The van der Waals surface area contributed by atoms with Crippen molar-refractivity contribution in [3.63, 3.8) is 0 Å². The van der Waals surface area contributed by atoms with Crippen LogP contribution in [0.15, 0.2) is 22.7 Å². The van der Waals surface area contributed by atoms with Crippen LogP contribution in [0.4, 0.5) is 8.78 Å². The maximum absolute atomic E-state index is 11.8. The smallest absolute Gasteiger partial charge is 0.261 e. The Kier molecular flexibility index (Phi) is 4.46. The van der Waals surface area contributed by atoms with Gasteiger partial charge in [-0.25, -0.2) is 8.78 Å². The van der Waals surface area contributed by atoms with Crippen molar-refractivity contribution in [3.05, 3.63) is 24.0 Å². The molecule has 0 aliphatic heterocycles. The Labute approximate surface area is 112 Å². The third kappa shape index (κ3) is 3.41. The maximum atomic E-state index is 11.8. The second-order valence-electron chi connectivity index (χ2n) is 3.91. The topological polar surface area (TPSA) is 88.6 Å². The van der Waals surface area contributed by atoms with Crippen molar-refractivity contribution >= 4 is 0 Å². The molecule has 0 spiro atoms. The van der Waals surface area contributed by atoms with Gasteiger partial charge in [-0.15, -0.1) is 0 Å². The number of aromatic nitrogens is 2. The second kappa shape index (κ2) is 6.29. The molecule has 0 radical (unpaired) electrons. The van der Waals surface area contributed by atoms with Gasteiger partial charge in [-0.1, -0.05) is 11.2 Å². The summed E-state index contributed by atoms with van der Waals surface area (Å²) in [6, 6.07) is 4.33. The average Bonchev–Trinajstić information content (AvgIpc) is 2.86. The Hall–Kier alpha value is -2.22. The van der Waals surface area contributed by atoms with Crippen LogP contribution in [0.5, 0.6) is 11.5 Å². The van der Waals surface area contributed by atoms with Gasteiger partial charge >= 0.3 is 0 Å². The van der Waals surface area contributed by atoms with E-state index in [9.17, 15) is 19.0 Å². The Morgan fingerprint density at radius 1 is 1.30 bits per heavy atom. The van der Waals surface area contributed by atoms with Gasteiger partial charge in [0.2, 0.25) is 0 Å². The first-order valence-electron chi connectivity index (χ1n) is 5.77. The van der Waals surface area contributed by atoms with E-state index in [4.69, 9.17) is 9.26 Å². The lowest BCUT2D eigenvalue weighted by molar-refractivity contribution is 0.0182. The van der Waals surface area contributed by atoms with Crippen molar-refractivity contribution in [1.82, 2.24) is 10.1 Å². The number of benzene rings is 1. The number of hydrogen-bond donors (Lipinski definition) is 2. The molecule has 0 amide bonds. The summed E-state index contributed by atoms with van der Waals surface area (Å²) in [6.07, 6.45) is -2.31. The first-order valence-corrected chi connectivity index (χ1v) is 5.77. The highest BCUT2D eigenvalue weighted by Gasteiger charge is 2.15. The van der Waals surface area contributed by atoms with E-state index >= 15 is 0 Å².